The smallest absolute Gasteiger partial charge is 0.178 e. The van der Waals surface area contributed by atoms with Gasteiger partial charge < -0.3 is 20.9 Å². The van der Waals surface area contributed by atoms with Crippen molar-refractivity contribution >= 4 is 22.4 Å². The highest BCUT2D eigenvalue weighted by Gasteiger charge is 2.22. The molecule has 4 N–H and O–H groups in total. The van der Waals surface area contributed by atoms with Gasteiger partial charge in [0.25, 0.3) is 0 Å². The number of allylic oxidation sites excluding steroid dienone is 4. The van der Waals surface area contributed by atoms with Gasteiger partial charge in [0.05, 0.1) is 23.9 Å². The molecular weight excluding hydrogens is 414 g/mol. The lowest BCUT2D eigenvalue weighted by Gasteiger charge is -2.21. The number of H-pyrrole nitrogens is 1. The van der Waals surface area contributed by atoms with E-state index >= 15 is 0 Å². The van der Waals surface area contributed by atoms with Crippen molar-refractivity contribution in [3.05, 3.63) is 96.8 Å². The Morgan fingerprint density at radius 3 is 2.79 bits per heavy atom. The lowest BCUT2D eigenvalue weighted by Crippen LogP contribution is -2.19. The van der Waals surface area contributed by atoms with E-state index in [1.54, 1.807) is 23.2 Å². The first-order chi connectivity index (χ1) is 16.1. The van der Waals surface area contributed by atoms with Crippen molar-refractivity contribution in [3.63, 3.8) is 0 Å². The van der Waals surface area contributed by atoms with Crippen molar-refractivity contribution in [2.24, 2.45) is 5.73 Å². The standard InChI is InChI=1S/C24H27N9/c1-4-17(6-5-13-25)15-33-24(29-30-31-33)23(18-7-10-20(11-8-18)32(2)3)28-19-9-12-21-22(14-19)27-16-26-21/h4-14,16,23,28H,1,15,25H2,2-3H3,(H,26,27)/b13-5-,17-6+. The van der Waals surface area contributed by atoms with Crippen molar-refractivity contribution in [1.82, 2.24) is 30.2 Å². The maximum Gasteiger partial charge on any atom is 0.178 e. The van der Waals surface area contributed by atoms with E-state index in [1.165, 1.54) is 6.20 Å². The Balaban J connectivity index is 1.73. The van der Waals surface area contributed by atoms with Gasteiger partial charge >= 0.3 is 0 Å². The van der Waals surface area contributed by atoms with Crippen LogP contribution in [0.15, 0.2) is 85.4 Å². The summed E-state index contributed by atoms with van der Waals surface area (Å²) in [5.41, 5.74) is 11.3. The number of aromatic amines is 1. The van der Waals surface area contributed by atoms with Gasteiger partial charge in [-0.1, -0.05) is 30.9 Å². The zero-order valence-electron chi connectivity index (χ0n) is 18.7. The van der Waals surface area contributed by atoms with Crippen molar-refractivity contribution in [1.29, 1.82) is 0 Å². The highest BCUT2D eigenvalue weighted by Crippen LogP contribution is 2.28. The second kappa shape index (κ2) is 9.82. The lowest BCUT2D eigenvalue weighted by atomic mass is 10.0. The zero-order valence-corrected chi connectivity index (χ0v) is 18.7. The fourth-order valence-electron chi connectivity index (χ4n) is 3.52. The van der Waals surface area contributed by atoms with E-state index < -0.39 is 0 Å². The third-order valence-corrected chi connectivity index (χ3v) is 5.31. The second-order valence-electron chi connectivity index (χ2n) is 7.72. The van der Waals surface area contributed by atoms with Crippen LogP contribution < -0.4 is 16.0 Å². The maximum atomic E-state index is 5.48. The van der Waals surface area contributed by atoms with Gasteiger partial charge in [-0.25, -0.2) is 9.67 Å². The summed E-state index contributed by atoms with van der Waals surface area (Å²) >= 11 is 0. The van der Waals surface area contributed by atoms with E-state index in [0.29, 0.717) is 12.4 Å². The summed E-state index contributed by atoms with van der Waals surface area (Å²) in [6.45, 7) is 4.35. The Hall–Kier alpha value is -4.40. The number of tetrazole rings is 1. The number of fused-ring (bicyclic) bond motifs is 1. The zero-order chi connectivity index (χ0) is 23.2. The molecule has 1 atom stereocenters. The number of nitrogens with one attached hydrogen (secondary N) is 2. The van der Waals surface area contributed by atoms with E-state index in [9.17, 15) is 0 Å². The molecule has 0 amide bonds. The highest BCUT2D eigenvalue weighted by atomic mass is 15.5. The van der Waals surface area contributed by atoms with Gasteiger partial charge in [0.1, 0.15) is 6.04 Å². The molecule has 33 heavy (non-hydrogen) atoms. The summed E-state index contributed by atoms with van der Waals surface area (Å²) in [5.74, 6) is 0.680. The summed E-state index contributed by atoms with van der Waals surface area (Å²) in [7, 11) is 4.03. The monoisotopic (exact) mass is 441 g/mol. The molecule has 0 fully saturated rings. The molecule has 9 heteroatoms. The van der Waals surface area contributed by atoms with Crippen LogP contribution in [0.3, 0.4) is 0 Å². The number of nitrogens with zero attached hydrogens (tertiary/aromatic N) is 6. The quantitative estimate of drug-likeness (QED) is 0.341. The van der Waals surface area contributed by atoms with E-state index in [1.807, 2.05) is 38.4 Å². The van der Waals surface area contributed by atoms with Gasteiger partial charge in [-0.15, -0.1) is 5.10 Å². The number of rotatable bonds is 9. The van der Waals surface area contributed by atoms with Crippen molar-refractivity contribution < 1.29 is 0 Å². The summed E-state index contributed by atoms with van der Waals surface area (Å²) in [6, 6.07) is 14.0. The Morgan fingerprint density at radius 2 is 2.06 bits per heavy atom. The summed E-state index contributed by atoms with van der Waals surface area (Å²) in [5, 5.41) is 16.2. The number of nitrogens with two attached hydrogens (primary N) is 1. The predicted molar refractivity (Wildman–Crippen MR) is 132 cm³/mol. The summed E-state index contributed by atoms with van der Waals surface area (Å²) in [4.78, 5) is 9.55. The first-order valence-corrected chi connectivity index (χ1v) is 10.5. The van der Waals surface area contributed by atoms with Crippen LogP contribution in [0, 0.1) is 0 Å². The molecule has 1 unspecified atom stereocenters. The number of hydrogen-bond donors (Lipinski definition) is 3. The number of benzene rings is 2. The van der Waals surface area contributed by atoms with Crippen LogP contribution in [0.25, 0.3) is 11.0 Å². The Bertz CT molecular complexity index is 1280. The molecular formula is C24H27N9. The minimum Gasteiger partial charge on any atom is -0.405 e. The van der Waals surface area contributed by atoms with Crippen LogP contribution in [0.5, 0.6) is 0 Å². The van der Waals surface area contributed by atoms with Crippen LogP contribution in [0.4, 0.5) is 11.4 Å². The van der Waals surface area contributed by atoms with Gasteiger partial charge in [-0.3, -0.25) is 0 Å². The van der Waals surface area contributed by atoms with Gasteiger partial charge in [0, 0.05) is 25.5 Å². The number of imidazole rings is 1. The lowest BCUT2D eigenvalue weighted by molar-refractivity contribution is 0.607. The molecule has 2 heterocycles. The van der Waals surface area contributed by atoms with E-state index in [4.69, 9.17) is 5.73 Å². The first-order valence-electron chi connectivity index (χ1n) is 10.5. The normalized spacial score (nSPS) is 12.8. The third kappa shape index (κ3) is 4.93. The molecule has 0 saturated carbocycles. The molecule has 168 valence electrons. The molecule has 9 nitrogen and oxygen atoms in total. The molecule has 4 rings (SSSR count). The predicted octanol–water partition coefficient (Wildman–Crippen LogP) is 3.40. The van der Waals surface area contributed by atoms with Gasteiger partial charge in [-0.2, -0.15) is 0 Å². The molecule has 0 aliphatic carbocycles. The second-order valence-corrected chi connectivity index (χ2v) is 7.72. The van der Waals surface area contributed by atoms with Gasteiger partial charge in [0.2, 0.25) is 0 Å². The molecule has 0 aliphatic heterocycles. The Labute approximate surface area is 192 Å². The molecule has 0 saturated heterocycles. The minimum absolute atomic E-state index is 0.288. The molecule has 0 aliphatic rings. The van der Waals surface area contributed by atoms with Crippen molar-refractivity contribution in [2.45, 2.75) is 12.6 Å². The first kappa shape index (κ1) is 21.8. The highest BCUT2D eigenvalue weighted by molar-refractivity contribution is 5.78. The van der Waals surface area contributed by atoms with E-state index in [-0.39, 0.29) is 6.04 Å². The average Bonchev–Trinajstić information content (AvgIpc) is 3.49. The van der Waals surface area contributed by atoms with Gasteiger partial charge in [-0.05, 0) is 64.2 Å². The van der Waals surface area contributed by atoms with Crippen molar-refractivity contribution in [3.8, 4) is 0 Å². The van der Waals surface area contributed by atoms with E-state index in [2.05, 4.69) is 66.6 Å². The van der Waals surface area contributed by atoms with Crippen LogP contribution in [0.1, 0.15) is 17.4 Å². The molecule has 2 aromatic heterocycles. The fraction of sp³-hybridized carbons (Fsp3) is 0.167. The van der Waals surface area contributed by atoms with Crippen LogP contribution in [-0.2, 0) is 6.54 Å². The minimum atomic E-state index is -0.288. The Morgan fingerprint density at radius 1 is 1.24 bits per heavy atom. The Kier molecular flexibility index (Phi) is 6.49. The fourth-order valence-corrected chi connectivity index (χ4v) is 3.52. The molecule has 0 spiro atoms. The largest absolute Gasteiger partial charge is 0.405 e. The molecule has 0 bridgehead atoms. The number of anilines is 2. The average molecular weight is 442 g/mol. The molecule has 0 radical (unpaired) electrons. The number of hydrogen-bond acceptors (Lipinski definition) is 7. The third-order valence-electron chi connectivity index (χ3n) is 5.31. The SMILES string of the molecule is C=C/C(=C\C=C/N)Cn1nnnc1C(Nc1ccc2[nH]cnc2c1)c1ccc(N(C)C)cc1. The van der Waals surface area contributed by atoms with Crippen LogP contribution in [0.2, 0.25) is 0 Å². The van der Waals surface area contributed by atoms with Gasteiger partial charge in [0.15, 0.2) is 5.82 Å². The van der Waals surface area contributed by atoms with Crippen LogP contribution in [-0.4, -0.2) is 44.3 Å². The van der Waals surface area contributed by atoms with E-state index in [0.717, 1.165) is 33.5 Å². The molecule has 4 aromatic rings. The van der Waals surface area contributed by atoms with Crippen molar-refractivity contribution in [2.75, 3.05) is 24.3 Å². The van der Waals surface area contributed by atoms with Crippen LogP contribution >= 0.6 is 0 Å². The summed E-state index contributed by atoms with van der Waals surface area (Å²) < 4.78 is 1.77. The summed E-state index contributed by atoms with van der Waals surface area (Å²) in [6.07, 6.45) is 8.58. The number of aromatic nitrogens is 6. The maximum absolute atomic E-state index is 5.48. The molecule has 2 aromatic carbocycles. The topological polar surface area (TPSA) is 114 Å².